The fourth-order valence-electron chi connectivity index (χ4n) is 2.71. The summed E-state index contributed by atoms with van der Waals surface area (Å²) in [7, 11) is 0. The third-order valence-corrected chi connectivity index (χ3v) is 5.06. The molecule has 2 aromatic carbocycles. The van der Waals surface area contributed by atoms with Crippen LogP contribution in [-0.2, 0) is 0 Å². The maximum atomic E-state index is 5.99. The summed E-state index contributed by atoms with van der Waals surface area (Å²) in [4.78, 5) is 0. The first kappa shape index (κ1) is 16.1. The Morgan fingerprint density at radius 1 is 1.00 bits per heavy atom. The van der Waals surface area contributed by atoms with Gasteiger partial charge in [-0.05, 0) is 62.1 Å². The Morgan fingerprint density at radius 2 is 1.62 bits per heavy atom. The van der Waals surface area contributed by atoms with Crippen LogP contribution in [0.2, 0.25) is 0 Å². The number of aryl methyl sites for hydroxylation is 4. The van der Waals surface area contributed by atoms with Gasteiger partial charge in [0, 0.05) is 16.7 Å². The summed E-state index contributed by atoms with van der Waals surface area (Å²) in [5.41, 5.74) is 13.4. The molecule has 0 bridgehead atoms. The van der Waals surface area contributed by atoms with Crippen LogP contribution in [0.15, 0.2) is 34.8 Å². The van der Waals surface area contributed by atoms with Crippen molar-refractivity contribution in [3.05, 3.63) is 62.6 Å². The largest absolute Gasteiger partial charge is 0.377 e. The quantitative estimate of drug-likeness (QED) is 0.834. The third-order valence-electron chi connectivity index (χ3n) is 3.81. The lowest BCUT2D eigenvalue weighted by molar-refractivity contribution is 0.782. The molecule has 112 valence electrons. The van der Waals surface area contributed by atoms with E-state index in [0.717, 1.165) is 5.69 Å². The summed E-state index contributed by atoms with van der Waals surface area (Å²) in [6, 6.07) is 11.0. The highest BCUT2D eigenvalue weighted by molar-refractivity contribution is 9.10. The molecule has 2 aromatic rings. The number of hydrogen-bond acceptors (Lipinski definition) is 2. The molecule has 0 heterocycles. The van der Waals surface area contributed by atoms with Gasteiger partial charge in [0.2, 0.25) is 0 Å². The molecule has 0 saturated heterocycles. The van der Waals surface area contributed by atoms with E-state index in [1.165, 1.54) is 32.3 Å². The lowest BCUT2D eigenvalue weighted by atomic mass is 9.98. The normalized spacial score (nSPS) is 12.3. The van der Waals surface area contributed by atoms with Gasteiger partial charge in [-0.15, -0.1) is 0 Å². The molecule has 1 atom stereocenters. The minimum absolute atomic E-state index is 0.130. The van der Waals surface area contributed by atoms with Gasteiger partial charge in [0.15, 0.2) is 0 Å². The number of anilines is 1. The fourth-order valence-corrected chi connectivity index (χ4v) is 2.94. The van der Waals surface area contributed by atoms with Crippen molar-refractivity contribution >= 4 is 21.6 Å². The van der Waals surface area contributed by atoms with Crippen molar-refractivity contribution in [2.75, 3.05) is 11.9 Å². The van der Waals surface area contributed by atoms with Gasteiger partial charge in [0.1, 0.15) is 0 Å². The molecule has 3 N–H and O–H groups in total. The molecular weight excluding hydrogens is 324 g/mol. The predicted octanol–water partition coefficient (Wildman–Crippen LogP) is 4.79. The number of rotatable bonds is 4. The van der Waals surface area contributed by atoms with E-state index >= 15 is 0 Å². The van der Waals surface area contributed by atoms with Crippen LogP contribution in [-0.4, -0.2) is 6.54 Å². The van der Waals surface area contributed by atoms with E-state index in [0.29, 0.717) is 6.54 Å². The zero-order chi connectivity index (χ0) is 15.6. The molecule has 3 heteroatoms. The number of halogens is 1. The zero-order valence-corrected chi connectivity index (χ0v) is 14.7. The lowest BCUT2D eigenvalue weighted by Gasteiger charge is -2.22. The Balaban J connectivity index is 2.31. The van der Waals surface area contributed by atoms with Crippen LogP contribution in [0.4, 0.5) is 5.69 Å². The Morgan fingerprint density at radius 3 is 2.14 bits per heavy atom. The lowest BCUT2D eigenvalue weighted by Crippen LogP contribution is -2.21. The van der Waals surface area contributed by atoms with Crippen molar-refractivity contribution in [1.29, 1.82) is 0 Å². The van der Waals surface area contributed by atoms with Crippen molar-refractivity contribution in [3.63, 3.8) is 0 Å². The number of nitrogens with one attached hydrogen (secondary N) is 1. The first-order chi connectivity index (χ1) is 9.92. The van der Waals surface area contributed by atoms with E-state index in [2.05, 4.69) is 79.3 Å². The number of nitrogens with two attached hydrogens (primary N) is 1. The van der Waals surface area contributed by atoms with Crippen molar-refractivity contribution < 1.29 is 0 Å². The summed E-state index contributed by atoms with van der Waals surface area (Å²) < 4.78 is 1.17. The van der Waals surface area contributed by atoms with Gasteiger partial charge in [-0.1, -0.05) is 39.7 Å². The molecule has 0 aliphatic heterocycles. The van der Waals surface area contributed by atoms with Crippen LogP contribution in [0, 0.1) is 27.7 Å². The highest BCUT2D eigenvalue weighted by Gasteiger charge is 2.13. The molecule has 21 heavy (non-hydrogen) atoms. The Labute approximate surface area is 135 Å². The van der Waals surface area contributed by atoms with Crippen LogP contribution in [0.1, 0.15) is 33.9 Å². The van der Waals surface area contributed by atoms with Crippen LogP contribution >= 0.6 is 15.9 Å². The van der Waals surface area contributed by atoms with Gasteiger partial charge in [0.05, 0.1) is 6.04 Å². The first-order valence-corrected chi connectivity index (χ1v) is 8.02. The molecule has 1 unspecified atom stereocenters. The van der Waals surface area contributed by atoms with Crippen LogP contribution < -0.4 is 11.1 Å². The van der Waals surface area contributed by atoms with Crippen molar-refractivity contribution in [2.24, 2.45) is 5.73 Å². The van der Waals surface area contributed by atoms with E-state index in [-0.39, 0.29) is 6.04 Å². The van der Waals surface area contributed by atoms with Crippen LogP contribution in [0.5, 0.6) is 0 Å². The molecule has 0 aromatic heterocycles. The number of hydrogen-bond donors (Lipinski definition) is 2. The summed E-state index contributed by atoms with van der Waals surface area (Å²) in [6.07, 6.45) is 0. The van der Waals surface area contributed by atoms with E-state index in [1.54, 1.807) is 0 Å². The van der Waals surface area contributed by atoms with E-state index in [4.69, 9.17) is 5.73 Å². The van der Waals surface area contributed by atoms with Crippen LogP contribution in [0.25, 0.3) is 0 Å². The molecule has 0 aliphatic carbocycles. The van der Waals surface area contributed by atoms with Gasteiger partial charge in [0.25, 0.3) is 0 Å². The highest BCUT2D eigenvalue weighted by atomic mass is 79.9. The average molecular weight is 347 g/mol. The molecule has 0 amide bonds. The Bertz CT molecular complexity index is 627. The SMILES string of the molecule is Cc1ccc(C(CN)Nc2cc(C)c(Br)c(C)c2)c(C)c1. The molecule has 2 rings (SSSR count). The predicted molar refractivity (Wildman–Crippen MR) is 95.0 cm³/mol. The average Bonchev–Trinajstić information content (AvgIpc) is 2.42. The first-order valence-electron chi connectivity index (χ1n) is 7.23. The Hall–Kier alpha value is -1.32. The minimum Gasteiger partial charge on any atom is -0.377 e. The van der Waals surface area contributed by atoms with Gasteiger partial charge < -0.3 is 11.1 Å². The third kappa shape index (κ3) is 3.66. The smallest absolute Gasteiger partial charge is 0.0638 e. The number of benzene rings is 2. The highest BCUT2D eigenvalue weighted by Crippen LogP contribution is 2.28. The topological polar surface area (TPSA) is 38.0 Å². The molecular formula is C18H23BrN2. The summed E-state index contributed by atoms with van der Waals surface area (Å²) in [5, 5.41) is 3.57. The molecule has 0 spiro atoms. The maximum Gasteiger partial charge on any atom is 0.0638 e. The standard InChI is InChI=1S/C18H23BrN2/c1-11-5-6-16(12(2)7-11)17(10-20)21-15-8-13(3)18(19)14(4)9-15/h5-9,17,21H,10,20H2,1-4H3. The van der Waals surface area contributed by atoms with Crippen LogP contribution in [0.3, 0.4) is 0 Å². The molecule has 0 aliphatic rings. The molecule has 0 saturated carbocycles. The monoisotopic (exact) mass is 346 g/mol. The van der Waals surface area contributed by atoms with Gasteiger partial charge in [-0.25, -0.2) is 0 Å². The summed E-state index contributed by atoms with van der Waals surface area (Å²) in [5.74, 6) is 0. The van der Waals surface area contributed by atoms with Crippen molar-refractivity contribution in [3.8, 4) is 0 Å². The Kier molecular flexibility index (Phi) is 5.07. The molecule has 0 radical (unpaired) electrons. The van der Waals surface area contributed by atoms with Gasteiger partial charge in [-0.3, -0.25) is 0 Å². The maximum absolute atomic E-state index is 5.99. The van der Waals surface area contributed by atoms with Gasteiger partial charge >= 0.3 is 0 Å². The second-order valence-electron chi connectivity index (χ2n) is 5.72. The zero-order valence-electron chi connectivity index (χ0n) is 13.1. The fraction of sp³-hybridized carbons (Fsp3) is 0.333. The van der Waals surface area contributed by atoms with Gasteiger partial charge in [-0.2, -0.15) is 0 Å². The molecule has 0 fully saturated rings. The second kappa shape index (κ2) is 6.63. The second-order valence-corrected chi connectivity index (χ2v) is 6.51. The van der Waals surface area contributed by atoms with E-state index < -0.39 is 0 Å². The van der Waals surface area contributed by atoms with E-state index in [1.807, 2.05) is 0 Å². The molecule has 2 nitrogen and oxygen atoms in total. The summed E-state index contributed by atoms with van der Waals surface area (Å²) >= 11 is 3.61. The minimum atomic E-state index is 0.130. The summed E-state index contributed by atoms with van der Waals surface area (Å²) in [6.45, 7) is 9.04. The van der Waals surface area contributed by atoms with Crippen molar-refractivity contribution in [1.82, 2.24) is 0 Å². The van der Waals surface area contributed by atoms with E-state index in [9.17, 15) is 0 Å². The van der Waals surface area contributed by atoms with Crippen molar-refractivity contribution in [2.45, 2.75) is 33.7 Å².